The van der Waals surface area contributed by atoms with Crippen LogP contribution in [0.1, 0.15) is 118 Å². The monoisotopic (exact) mass is 830 g/mol. The van der Waals surface area contributed by atoms with Crippen molar-refractivity contribution >= 4 is 35.6 Å². The van der Waals surface area contributed by atoms with Gasteiger partial charge in [0.25, 0.3) is 0 Å². The van der Waals surface area contributed by atoms with E-state index in [-0.39, 0.29) is 7.74 Å². The molecule has 0 amide bonds. The van der Waals surface area contributed by atoms with Gasteiger partial charge in [0.15, 0.2) is 0 Å². The van der Waals surface area contributed by atoms with Crippen molar-refractivity contribution in [1.82, 2.24) is 0 Å². The summed E-state index contributed by atoms with van der Waals surface area (Å²) in [6.45, 7) is 19.2. The van der Waals surface area contributed by atoms with Gasteiger partial charge in [-0.15, -0.1) is 0 Å². The Hall–Kier alpha value is -2.13. The Kier molecular flexibility index (Phi) is 17.4. The van der Waals surface area contributed by atoms with Gasteiger partial charge in [-0.3, -0.25) is 0 Å². The number of hydrogen-bond acceptors (Lipinski definition) is 2. The van der Waals surface area contributed by atoms with Gasteiger partial charge in [-0.25, -0.2) is 0 Å². The van der Waals surface area contributed by atoms with Gasteiger partial charge in [-0.05, 0) is 0 Å². The van der Waals surface area contributed by atoms with Gasteiger partial charge in [-0.2, -0.15) is 0 Å². The molecule has 0 unspecified atom stereocenters. The molecule has 0 saturated carbocycles. The predicted octanol–water partition coefficient (Wildman–Crippen LogP) is 13.8. The fraction of sp³-hybridized carbons (Fsp3) is 0.565. The Morgan fingerprint density at radius 2 is 0.909 bits per heavy atom. The van der Waals surface area contributed by atoms with Crippen LogP contribution in [0.3, 0.4) is 0 Å². The second-order valence-corrected chi connectivity index (χ2v) is 32.4. The molecule has 0 atom stereocenters. The zero-order chi connectivity index (χ0) is 40.2. The van der Waals surface area contributed by atoms with Crippen molar-refractivity contribution in [1.29, 1.82) is 0 Å². The quantitative estimate of drug-likeness (QED) is 0.0591. The van der Waals surface area contributed by atoms with Gasteiger partial charge in [0.1, 0.15) is 0 Å². The van der Waals surface area contributed by atoms with E-state index in [1.807, 2.05) is 36.5 Å². The van der Waals surface area contributed by atoms with Gasteiger partial charge < -0.3 is 0 Å². The summed E-state index contributed by atoms with van der Waals surface area (Å²) < 4.78 is 76.6. The van der Waals surface area contributed by atoms with Crippen LogP contribution >= 0.6 is 0 Å². The van der Waals surface area contributed by atoms with Crippen LogP contribution in [0.2, 0.25) is 38.3 Å². The molecule has 2 aromatic rings. The van der Waals surface area contributed by atoms with Crippen LogP contribution in [0, 0.1) is 23.3 Å². The summed E-state index contributed by atoms with van der Waals surface area (Å²) in [6.07, 6.45) is 25.1. The van der Waals surface area contributed by atoms with E-state index < -0.39 is 56.3 Å². The van der Waals surface area contributed by atoms with Crippen LogP contribution in [-0.2, 0) is 16.6 Å². The van der Waals surface area contributed by atoms with Crippen molar-refractivity contribution in [2.45, 2.75) is 156 Å². The van der Waals surface area contributed by atoms with Gasteiger partial charge in [0.05, 0.1) is 0 Å². The Morgan fingerprint density at radius 1 is 0.527 bits per heavy atom. The molecule has 0 fully saturated rings. The first-order valence-corrected chi connectivity index (χ1v) is 31.0. The van der Waals surface area contributed by atoms with Crippen LogP contribution in [0.15, 0.2) is 68.5 Å². The zero-order valence-corrected chi connectivity index (χ0v) is 39.0. The van der Waals surface area contributed by atoms with Gasteiger partial charge in [0, 0.05) is 0 Å². The molecule has 0 aliphatic heterocycles. The molecule has 2 aliphatic rings. The van der Waals surface area contributed by atoms with E-state index in [2.05, 4.69) is 63.0 Å². The summed E-state index contributed by atoms with van der Waals surface area (Å²) in [5, 5.41) is 0. The van der Waals surface area contributed by atoms with Crippen molar-refractivity contribution in [2.75, 3.05) is 22.2 Å². The number of rotatable bonds is 24. The Balaban J connectivity index is 2.05. The summed E-state index contributed by atoms with van der Waals surface area (Å²) >= 11 is -5.02. The van der Waals surface area contributed by atoms with Crippen LogP contribution < -0.4 is 16.9 Å². The average molecular weight is 831 g/mol. The minimum absolute atomic E-state index is 0.0780. The summed E-state index contributed by atoms with van der Waals surface area (Å²) in [7, 11) is -4.48. The SMILES string of the molecule is CCCCCC[Si](C)(C)N(CCCC)c1ccc(F)[c]([Ti]([C]2=CC=CC2)([C]2=CC=CC2)[c]2c(F)ccc(N(CCCC)[Si](C)(C)CCCCCC)c2F)c1F. The minimum atomic E-state index is -5.02. The van der Waals surface area contributed by atoms with Gasteiger partial charge in [-0.1, -0.05) is 0 Å². The van der Waals surface area contributed by atoms with Crippen LogP contribution in [0.5, 0.6) is 0 Å². The third-order valence-corrected chi connectivity index (χ3v) is 27.1. The first kappa shape index (κ1) is 45.6. The average Bonchev–Trinajstić information content (AvgIpc) is 3.89. The molecular formula is C46H70F4N2Si2Ti. The van der Waals surface area contributed by atoms with E-state index in [4.69, 9.17) is 0 Å². The molecule has 9 heteroatoms. The van der Waals surface area contributed by atoms with Crippen molar-refractivity contribution < 1.29 is 34.2 Å². The van der Waals surface area contributed by atoms with Crippen molar-refractivity contribution in [3.8, 4) is 0 Å². The molecule has 0 heterocycles. The zero-order valence-electron chi connectivity index (χ0n) is 35.4. The molecule has 0 bridgehead atoms. The number of nitrogens with zero attached hydrogens (tertiary/aromatic N) is 2. The molecule has 304 valence electrons. The van der Waals surface area contributed by atoms with Crippen LogP contribution in [0.4, 0.5) is 28.9 Å². The summed E-state index contributed by atoms with van der Waals surface area (Å²) in [4.78, 5) is 0. The maximum atomic E-state index is 18.2. The number of anilines is 2. The first-order valence-electron chi connectivity index (χ1n) is 21.6. The standard InChI is InChI=1S/2C18H30F2NSi.2C5H5.Ti/c2*1-5-7-9-10-14-22(3,4)21(13-8-6-2)18-12-11-16(19)15-17(18)20;2*1-2-4-5-3-1;/h2*11-12H,5-10,13-14H2,1-4H3;2*1-3H,4H2;. The molecule has 0 N–H and O–H groups in total. The molecule has 2 aromatic carbocycles. The van der Waals surface area contributed by atoms with Crippen LogP contribution in [-0.4, -0.2) is 29.6 Å². The van der Waals surface area contributed by atoms with E-state index in [1.54, 1.807) is 12.1 Å². The number of hydrogen-bond donors (Lipinski definition) is 0. The van der Waals surface area contributed by atoms with E-state index >= 15 is 17.6 Å². The van der Waals surface area contributed by atoms with E-state index in [9.17, 15) is 0 Å². The molecule has 2 nitrogen and oxygen atoms in total. The van der Waals surface area contributed by atoms with E-state index in [0.717, 1.165) is 84.1 Å². The third-order valence-electron chi connectivity index (χ3n) is 12.2. The van der Waals surface area contributed by atoms with Crippen molar-refractivity contribution in [2.24, 2.45) is 0 Å². The van der Waals surface area contributed by atoms with Crippen molar-refractivity contribution in [3.63, 3.8) is 0 Å². The number of allylic oxidation sites excluding steroid dienone is 8. The number of benzene rings is 2. The summed E-state index contributed by atoms with van der Waals surface area (Å²) in [6, 6.07) is 8.03. The second kappa shape index (κ2) is 21.0. The summed E-state index contributed by atoms with van der Waals surface area (Å²) in [5.74, 6) is -2.64. The molecule has 2 aliphatic carbocycles. The normalized spacial score (nSPS) is 14.5. The Labute approximate surface area is 337 Å². The molecule has 0 aromatic heterocycles. The summed E-state index contributed by atoms with van der Waals surface area (Å²) in [5.41, 5.74) is 0.791. The third kappa shape index (κ3) is 10.3. The Morgan fingerprint density at radius 3 is 1.24 bits per heavy atom. The van der Waals surface area contributed by atoms with Crippen LogP contribution in [0.25, 0.3) is 0 Å². The number of unbranched alkanes of at least 4 members (excludes halogenated alkanes) is 8. The van der Waals surface area contributed by atoms with Gasteiger partial charge >= 0.3 is 340 Å². The fourth-order valence-electron chi connectivity index (χ4n) is 8.98. The maximum absolute atomic E-state index is 18.2. The van der Waals surface area contributed by atoms with Crippen molar-refractivity contribution in [3.05, 3.63) is 91.7 Å². The fourth-order valence-corrected chi connectivity index (χ4v) is 23.2. The molecule has 55 heavy (non-hydrogen) atoms. The molecule has 0 spiro atoms. The van der Waals surface area contributed by atoms with E-state index in [0.29, 0.717) is 37.3 Å². The Bertz CT molecular complexity index is 1580. The number of halogens is 4. The molecule has 4 rings (SSSR count). The molecular weight excluding hydrogens is 761 g/mol. The van der Waals surface area contributed by atoms with E-state index in [1.165, 1.54) is 25.0 Å². The van der Waals surface area contributed by atoms with Gasteiger partial charge in [0.2, 0.25) is 0 Å². The molecule has 0 saturated heterocycles. The first-order chi connectivity index (χ1) is 26.3. The topological polar surface area (TPSA) is 6.48 Å². The second-order valence-electron chi connectivity index (χ2n) is 17.2. The molecule has 0 radical (unpaired) electrons. The predicted molar refractivity (Wildman–Crippen MR) is 233 cm³/mol.